The quantitative estimate of drug-likeness (QED) is 0.822. The molecule has 0 radical (unpaired) electrons. The Kier molecular flexibility index (Phi) is 5.96. The number of hydrogen-bond acceptors (Lipinski definition) is 4. The molecule has 26 heavy (non-hydrogen) atoms. The van der Waals surface area contributed by atoms with Crippen LogP contribution < -0.4 is 10.6 Å². The highest BCUT2D eigenvalue weighted by Crippen LogP contribution is 2.31. The van der Waals surface area contributed by atoms with Crippen LogP contribution in [0, 0.1) is 0 Å². The van der Waals surface area contributed by atoms with Crippen LogP contribution in [0.4, 0.5) is 5.69 Å². The molecule has 5 nitrogen and oxygen atoms in total. The molecule has 1 heterocycles. The van der Waals surface area contributed by atoms with E-state index in [2.05, 4.69) is 27.7 Å². The lowest BCUT2D eigenvalue weighted by atomic mass is 10.0. The number of thioether (sulfide) groups is 1. The molecule has 0 bridgehead atoms. The van der Waals surface area contributed by atoms with E-state index in [1.54, 1.807) is 12.1 Å². The zero-order valence-corrected chi connectivity index (χ0v) is 15.8. The lowest BCUT2D eigenvalue weighted by Gasteiger charge is -2.25. The number of amides is 2. The summed E-state index contributed by atoms with van der Waals surface area (Å²) < 4.78 is 0. The fourth-order valence-electron chi connectivity index (χ4n) is 2.86. The fraction of sp³-hybridized carbons (Fsp3) is 0.300. The van der Waals surface area contributed by atoms with Gasteiger partial charge in [0.25, 0.3) is 5.91 Å². The molecule has 136 valence electrons. The van der Waals surface area contributed by atoms with E-state index in [-0.39, 0.29) is 17.9 Å². The molecule has 0 saturated carbocycles. The first kappa shape index (κ1) is 18.5. The predicted octanol–water partition coefficient (Wildman–Crippen LogP) is 2.63. The predicted molar refractivity (Wildman–Crippen MR) is 106 cm³/mol. The van der Waals surface area contributed by atoms with Crippen LogP contribution in [0.5, 0.6) is 0 Å². The van der Waals surface area contributed by atoms with Crippen molar-refractivity contribution in [2.24, 2.45) is 0 Å². The second-order valence-electron chi connectivity index (χ2n) is 6.56. The summed E-state index contributed by atoms with van der Waals surface area (Å²) in [6.45, 7) is 0.554. The monoisotopic (exact) mass is 369 g/mol. The van der Waals surface area contributed by atoms with Crippen molar-refractivity contribution >= 4 is 29.3 Å². The molecule has 0 unspecified atom stereocenters. The Bertz CT molecular complexity index is 793. The maximum Gasteiger partial charge on any atom is 0.251 e. The molecule has 0 saturated heterocycles. The van der Waals surface area contributed by atoms with Gasteiger partial charge in [0.15, 0.2) is 0 Å². The molecule has 2 aromatic rings. The maximum absolute atomic E-state index is 12.5. The Balaban J connectivity index is 1.63. The second kappa shape index (κ2) is 8.38. The Hall–Kier alpha value is -2.31. The highest BCUT2D eigenvalue weighted by atomic mass is 32.2. The number of fused-ring (bicyclic) bond motifs is 1. The van der Waals surface area contributed by atoms with Gasteiger partial charge in [-0.25, -0.2) is 0 Å². The molecular weight excluding hydrogens is 346 g/mol. The van der Waals surface area contributed by atoms with Crippen LogP contribution in [-0.4, -0.2) is 49.1 Å². The number of carbonyl (C=O) groups excluding carboxylic acids is 2. The van der Waals surface area contributed by atoms with Crippen molar-refractivity contribution in [2.75, 3.05) is 31.7 Å². The van der Waals surface area contributed by atoms with Gasteiger partial charge in [0.1, 0.15) is 0 Å². The lowest BCUT2D eigenvalue weighted by Crippen LogP contribution is -2.41. The van der Waals surface area contributed by atoms with Gasteiger partial charge >= 0.3 is 0 Å². The summed E-state index contributed by atoms with van der Waals surface area (Å²) in [6, 6.07) is 15.9. The van der Waals surface area contributed by atoms with Crippen LogP contribution in [0.25, 0.3) is 0 Å². The van der Waals surface area contributed by atoms with E-state index >= 15 is 0 Å². The summed E-state index contributed by atoms with van der Waals surface area (Å²) >= 11 is 1.49. The summed E-state index contributed by atoms with van der Waals surface area (Å²) in [6.07, 6.45) is 0.866. The number of nitrogens with one attached hydrogen (secondary N) is 2. The number of carbonyl (C=O) groups is 2. The Morgan fingerprint density at radius 2 is 2.00 bits per heavy atom. The first-order chi connectivity index (χ1) is 12.5. The third kappa shape index (κ3) is 4.65. The summed E-state index contributed by atoms with van der Waals surface area (Å²) in [5.41, 5.74) is 2.52. The van der Waals surface area contributed by atoms with Gasteiger partial charge in [-0.2, -0.15) is 0 Å². The lowest BCUT2D eigenvalue weighted by molar-refractivity contribution is -0.113. The van der Waals surface area contributed by atoms with E-state index in [4.69, 9.17) is 0 Å². The van der Waals surface area contributed by atoms with Crippen molar-refractivity contribution in [3.63, 3.8) is 0 Å². The first-order valence-corrected chi connectivity index (χ1v) is 9.57. The van der Waals surface area contributed by atoms with Crippen molar-refractivity contribution in [1.29, 1.82) is 0 Å². The van der Waals surface area contributed by atoms with Crippen LogP contribution in [0.3, 0.4) is 0 Å². The average molecular weight is 369 g/mol. The van der Waals surface area contributed by atoms with E-state index in [9.17, 15) is 9.59 Å². The fourth-order valence-corrected chi connectivity index (χ4v) is 3.65. The molecule has 2 aromatic carbocycles. The third-order valence-electron chi connectivity index (χ3n) is 4.42. The van der Waals surface area contributed by atoms with Gasteiger partial charge in [0.05, 0.1) is 11.4 Å². The number of hydrogen-bond donors (Lipinski definition) is 2. The Morgan fingerprint density at radius 3 is 2.73 bits per heavy atom. The van der Waals surface area contributed by atoms with E-state index in [0.717, 1.165) is 11.3 Å². The highest BCUT2D eigenvalue weighted by Gasteiger charge is 2.18. The zero-order valence-electron chi connectivity index (χ0n) is 15.0. The van der Waals surface area contributed by atoms with Crippen molar-refractivity contribution in [1.82, 2.24) is 10.2 Å². The Morgan fingerprint density at radius 1 is 1.23 bits per heavy atom. The largest absolute Gasteiger partial charge is 0.350 e. The minimum atomic E-state index is -0.127. The minimum absolute atomic E-state index is 0.0319. The molecule has 6 heteroatoms. The number of benzene rings is 2. The molecule has 0 spiro atoms. The van der Waals surface area contributed by atoms with Crippen LogP contribution in [0.2, 0.25) is 0 Å². The minimum Gasteiger partial charge on any atom is -0.350 e. The van der Waals surface area contributed by atoms with Gasteiger partial charge < -0.3 is 15.5 Å². The van der Waals surface area contributed by atoms with Gasteiger partial charge in [0.2, 0.25) is 5.91 Å². The molecule has 0 aliphatic carbocycles. The van der Waals surface area contributed by atoms with Gasteiger partial charge in [-0.15, -0.1) is 11.8 Å². The number of likely N-dealkylation sites (N-methyl/N-ethyl adjacent to an activating group) is 1. The van der Waals surface area contributed by atoms with E-state index in [0.29, 0.717) is 23.5 Å². The van der Waals surface area contributed by atoms with Gasteiger partial charge in [-0.05, 0) is 44.3 Å². The van der Waals surface area contributed by atoms with E-state index in [1.807, 2.05) is 38.4 Å². The summed E-state index contributed by atoms with van der Waals surface area (Å²) in [5.74, 6) is 0.260. The van der Waals surface area contributed by atoms with Gasteiger partial charge in [0, 0.05) is 23.0 Å². The summed E-state index contributed by atoms with van der Waals surface area (Å²) in [5, 5.41) is 5.84. The molecule has 2 N–H and O–H groups in total. The van der Waals surface area contributed by atoms with Crippen LogP contribution >= 0.6 is 11.8 Å². The third-order valence-corrected chi connectivity index (χ3v) is 5.49. The SMILES string of the molecule is CN(C)[C@H](CNC(=O)c1ccc2c(c1)NC(=O)CS2)Cc1ccccc1. The molecule has 1 atom stereocenters. The molecule has 0 aromatic heterocycles. The van der Waals surface area contributed by atoms with Crippen LogP contribution in [-0.2, 0) is 11.2 Å². The van der Waals surface area contributed by atoms with E-state index in [1.165, 1.54) is 17.3 Å². The van der Waals surface area contributed by atoms with Crippen LogP contribution in [0.1, 0.15) is 15.9 Å². The number of nitrogens with zero attached hydrogens (tertiary/aromatic N) is 1. The van der Waals surface area contributed by atoms with Crippen molar-refractivity contribution in [2.45, 2.75) is 17.4 Å². The molecule has 3 rings (SSSR count). The smallest absolute Gasteiger partial charge is 0.251 e. The topological polar surface area (TPSA) is 61.4 Å². The molecule has 2 amide bonds. The molecule has 0 fully saturated rings. The maximum atomic E-state index is 12.5. The number of rotatable bonds is 6. The molecule has 1 aliphatic heterocycles. The van der Waals surface area contributed by atoms with Crippen molar-refractivity contribution < 1.29 is 9.59 Å². The van der Waals surface area contributed by atoms with Crippen molar-refractivity contribution in [3.8, 4) is 0 Å². The number of anilines is 1. The second-order valence-corrected chi connectivity index (χ2v) is 7.58. The molecule has 1 aliphatic rings. The molecular formula is C20H23N3O2S. The van der Waals surface area contributed by atoms with Crippen LogP contribution in [0.15, 0.2) is 53.4 Å². The first-order valence-electron chi connectivity index (χ1n) is 8.58. The van der Waals surface area contributed by atoms with Gasteiger partial charge in [-0.1, -0.05) is 30.3 Å². The highest BCUT2D eigenvalue weighted by molar-refractivity contribution is 8.00. The van der Waals surface area contributed by atoms with E-state index < -0.39 is 0 Å². The van der Waals surface area contributed by atoms with Crippen molar-refractivity contribution in [3.05, 3.63) is 59.7 Å². The summed E-state index contributed by atoms with van der Waals surface area (Å²) in [7, 11) is 4.04. The average Bonchev–Trinajstić information content (AvgIpc) is 2.64. The zero-order chi connectivity index (χ0) is 18.5. The standard InChI is InChI=1S/C20H23N3O2S/c1-23(2)16(10-14-6-4-3-5-7-14)12-21-20(25)15-8-9-18-17(11-15)22-19(24)13-26-18/h3-9,11,16H,10,12-13H2,1-2H3,(H,21,25)(H,22,24)/t16-/m0/s1. The normalized spacial score (nSPS) is 14.5. The van der Waals surface area contributed by atoms with Gasteiger partial charge in [-0.3, -0.25) is 9.59 Å². The summed E-state index contributed by atoms with van der Waals surface area (Å²) in [4.78, 5) is 27.2. The Labute approximate surface area is 158 Å².